The van der Waals surface area contributed by atoms with Crippen LogP contribution in [-0.2, 0) is 4.79 Å². The molecule has 2 nitrogen and oxygen atoms in total. The van der Waals surface area contributed by atoms with Crippen LogP contribution in [0.4, 0.5) is 5.69 Å². The minimum absolute atomic E-state index is 0.00734. The fourth-order valence-corrected chi connectivity index (χ4v) is 1.30. The number of rotatable bonds is 1. The zero-order valence-corrected chi connectivity index (χ0v) is 10.3. The van der Waals surface area contributed by atoms with Crippen molar-refractivity contribution in [3.63, 3.8) is 0 Å². The minimum atomic E-state index is -0.383. The van der Waals surface area contributed by atoms with E-state index < -0.39 is 0 Å². The Hall–Kier alpha value is -1.02. The summed E-state index contributed by atoms with van der Waals surface area (Å²) >= 11 is 5.83. The number of anilines is 1. The van der Waals surface area contributed by atoms with E-state index in [4.69, 9.17) is 11.6 Å². The van der Waals surface area contributed by atoms with Crippen molar-refractivity contribution in [3.8, 4) is 0 Å². The molecular formula is C12H16ClNO. The Morgan fingerprint density at radius 2 is 1.93 bits per heavy atom. The van der Waals surface area contributed by atoms with E-state index in [9.17, 15) is 4.79 Å². The van der Waals surface area contributed by atoms with E-state index in [-0.39, 0.29) is 11.3 Å². The molecule has 1 N–H and O–H groups in total. The fourth-order valence-electron chi connectivity index (χ4n) is 1.08. The Morgan fingerprint density at radius 3 is 2.40 bits per heavy atom. The van der Waals surface area contributed by atoms with Gasteiger partial charge < -0.3 is 5.32 Å². The predicted octanol–water partition coefficient (Wildman–Crippen LogP) is 3.63. The van der Waals surface area contributed by atoms with E-state index in [0.717, 1.165) is 11.3 Å². The van der Waals surface area contributed by atoms with E-state index in [1.54, 1.807) is 6.07 Å². The molecule has 0 fully saturated rings. The van der Waals surface area contributed by atoms with Crippen molar-refractivity contribution in [1.29, 1.82) is 0 Å². The lowest BCUT2D eigenvalue weighted by Gasteiger charge is -2.18. The average molecular weight is 226 g/mol. The first kappa shape index (κ1) is 12.1. The smallest absolute Gasteiger partial charge is 0.229 e. The molecule has 0 aliphatic rings. The van der Waals surface area contributed by atoms with Gasteiger partial charge in [-0.15, -0.1) is 0 Å². The van der Waals surface area contributed by atoms with Crippen molar-refractivity contribution in [2.24, 2.45) is 5.41 Å². The van der Waals surface area contributed by atoms with Crippen LogP contribution in [0.1, 0.15) is 26.3 Å². The largest absolute Gasteiger partial charge is 0.325 e. The highest BCUT2D eigenvalue weighted by molar-refractivity contribution is 6.30. The maximum atomic E-state index is 11.7. The third-order valence-corrected chi connectivity index (χ3v) is 2.35. The number of hydrogen-bond donors (Lipinski definition) is 1. The van der Waals surface area contributed by atoms with E-state index in [0.29, 0.717) is 5.02 Å². The van der Waals surface area contributed by atoms with Gasteiger partial charge in [-0.2, -0.15) is 0 Å². The molecule has 15 heavy (non-hydrogen) atoms. The second kappa shape index (κ2) is 4.23. The highest BCUT2D eigenvalue weighted by Crippen LogP contribution is 2.22. The van der Waals surface area contributed by atoms with Crippen LogP contribution in [0.15, 0.2) is 18.2 Å². The minimum Gasteiger partial charge on any atom is -0.325 e. The summed E-state index contributed by atoms with van der Waals surface area (Å²) in [5.41, 5.74) is 1.41. The van der Waals surface area contributed by atoms with Crippen LogP contribution in [-0.4, -0.2) is 5.91 Å². The Balaban J connectivity index is 2.87. The summed E-state index contributed by atoms with van der Waals surface area (Å²) in [6.07, 6.45) is 0. The summed E-state index contributed by atoms with van der Waals surface area (Å²) in [6.45, 7) is 7.57. The van der Waals surface area contributed by atoms with Gasteiger partial charge in [-0.1, -0.05) is 32.4 Å². The lowest BCUT2D eigenvalue weighted by atomic mass is 9.95. The second-order valence-electron chi connectivity index (χ2n) is 4.66. The van der Waals surface area contributed by atoms with Gasteiger partial charge in [0, 0.05) is 16.1 Å². The zero-order valence-electron chi connectivity index (χ0n) is 9.52. The highest BCUT2D eigenvalue weighted by Gasteiger charge is 2.21. The molecule has 82 valence electrons. The van der Waals surface area contributed by atoms with Crippen molar-refractivity contribution >= 4 is 23.2 Å². The lowest BCUT2D eigenvalue weighted by Crippen LogP contribution is -2.27. The molecular weight excluding hydrogens is 210 g/mol. The topological polar surface area (TPSA) is 29.1 Å². The molecule has 0 aliphatic heterocycles. The number of benzene rings is 1. The van der Waals surface area contributed by atoms with Gasteiger partial charge in [-0.3, -0.25) is 4.79 Å². The number of nitrogens with one attached hydrogen (secondary N) is 1. The van der Waals surface area contributed by atoms with Crippen LogP contribution in [0, 0.1) is 12.3 Å². The summed E-state index contributed by atoms with van der Waals surface area (Å²) in [5.74, 6) is 0.00734. The van der Waals surface area contributed by atoms with Crippen molar-refractivity contribution in [3.05, 3.63) is 28.8 Å². The summed E-state index contributed by atoms with van der Waals surface area (Å²) in [7, 11) is 0. The highest BCUT2D eigenvalue weighted by atomic mass is 35.5. The van der Waals surface area contributed by atoms with E-state index in [2.05, 4.69) is 5.32 Å². The molecule has 1 amide bonds. The number of carbonyl (C=O) groups is 1. The van der Waals surface area contributed by atoms with Crippen LogP contribution in [0.3, 0.4) is 0 Å². The number of carbonyl (C=O) groups excluding carboxylic acids is 1. The van der Waals surface area contributed by atoms with Crippen LogP contribution < -0.4 is 5.32 Å². The molecule has 1 rings (SSSR count). The Bertz CT molecular complexity index is 380. The molecule has 0 unspecified atom stereocenters. The quantitative estimate of drug-likeness (QED) is 0.777. The SMILES string of the molecule is Cc1cc(Cl)ccc1NC(=O)C(C)(C)C. The van der Waals surface area contributed by atoms with Crippen molar-refractivity contribution in [2.75, 3.05) is 5.32 Å². The molecule has 0 heterocycles. The zero-order chi connectivity index (χ0) is 11.6. The Kier molecular flexibility index (Phi) is 3.40. The van der Waals surface area contributed by atoms with E-state index in [1.807, 2.05) is 39.8 Å². The Morgan fingerprint density at radius 1 is 1.33 bits per heavy atom. The number of amides is 1. The molecule has 3 heteroatoms. The monoisotopic (exact) mass is 225 g/mol. The Labute approximate surface area is 95.6 Å². The van der Waals surface area contributed by atoms with Gasteiger partial charge in [-0.05, 0) is 30.7 Å². The van der Waals surface area contributed by atoms with E-state index >= 15 is 0 Å². The van der Waals surface area contributed by atoms with Crippen molar-refractivity contribution in [1.82, 2.24) is 0 Å². The maximum Gasteiger partial charge on any atom is 0.229 e. The average Bonchev–Trinajstić information content (AvgIpc) is 2.08. The second-order valence-corrected chi connectivity index (χ2v) is 5.10. The third-order valence-electron chi connectivity index (χ3n) is 2.12. The predicted molar refractivity (Wildman–Crippen MR) is 64.3 cm³/mol. The molecule has 1 aromatic rings. The van der Waals surface area contributed by atoms with Crippen LogP contribution in [0.25, 0.3) is 0 Å². The van der Waals surface area contributed by atoms with Crippen molar-refractivity contribution in [2.45, 2.75) is 27.7 Å². The van der Waals surface area contributed by atoms with Crippen LogP contribution >= 0.6 is 11.6 Å². The summed E-state index contributed by atoms with van der Waals surface area (Å²) in [6, 6.07) is 5.42. The van der Waals surface area contributed by atoms with Gasteiger partial charge in [0.05, 0.1) is 0 Å². The van der Waals surface area contributed by atoms with Gasteiger partial charge in [0.1, 0.15) is 0 Å². The lowest BCUT2D eigenvalue weighted by molar-refractivity contribution is -0.123. The first-order valence-electron chi connectivity index (χ1n) is 4.88. The molecule has 0 aromatic heterocycles. The molecule has 0 saturated carbocycles. The molecule has 0 bridgehead atoms. The summed E-state index contributed by atoms with van der Waals surface area (Å²) in [4.78, 5) is 11.7. The number of halogens is 1. The molecule has 0 saturated heterocycles. The van der Waals surface area contributed by atoms with Crippen LogP contribution in [0.2, 0.25) is 5.02 Å². The van der Waals surface area contributed by atoms with Gasteiger partial charge >= 0.3 is 0 Å². The molecule has 0 atom stereocenters. The molecule has 0 aliphatic carbocycles. The summed E-state index contributed by atoms with van der Waals surface area (Å²) < 4.78 is 0. The molecule has 0 spiro atoms. The number of aryl methyl sites for hydroxylation is 1. The normalized spacial score (nSPS) is 11.3. The fraction of sp³-hybridized carbons (Fsp3) is 0.417. The maximum absolute atomic E-state index is 11.7. The van der Waals surface area contributed by atoms with Gasteiger partial charge in [0.25, 0.3) is 0 Å². The standard InChI is InChI=1S/C12H16ClNO/c1-8-7-9(13)5-6-10(8)14-11(15)12(2,3)4/h5-7H,1-4H3,(H,14,15). The molecule has 0 radical (unpaired) electrons. The van der Waals surface area contributed by atoms with Gasteiger partial charge in [-0.25, -0.2) is 0 Å². The first-order valence-corrected chi connectivity index (χ1v) is 5.26. The molecule has 1 aromatic carbocycles. The van der Waals surface area contributed by atoms with Gasteiger partial charge in [0.15, 0.2) is 0 Å². The summed E-state index contributed by atoms with van der Waals surface area (Å²) in [5, 5.41) is 3.56. The van der Waals surface area contributed by atoms with Crippen LogP contribution in [0.5, 0.6) is 0 Å². The van der Waals surface area contributed by atoms with Crippen molar-refractivity contribution < 1.29 is 4.79 Å². The third kappa shape index (κ3) is 3.24. The number of hydrogen-bond acceptors (Lipinski definition) is 1. The van der Waals surface area contributed by atoms with E-state index in [1.165, 1.54) is 0 Å². The first-order chi connectivity index (χ1) is 6.80. The van der Waals surface area contributed by atoms with Gasteiger partial charge in [0.2, 0.25) is 5.91 Å².